The zero-order chi connectivity index (χ0) is 21.5. The van der Waals surface area contributed by atoms with Gasteiger partial charge in [0.25, 0.3) is 0 Å². The van der Waals surface area contributed by atoms with Crippen molar-refractivity contribution in [3.63, 3.8) is 0 Å². The number of ketones is 1. The van der Waals surface area contributed by atoms with Crippen LogP contribution >= 0.6 is 0 Å². The summed E-state index contributed by atoms with van der Waals surface area (Å²) in [4.78, 5) is 26.3. The molecule has 0 unspecified atom stereocenters. The molecule has 1 spiro atoms. The minimum absolute atomic E-state index is 0.0505. The number of rotatable bonds is 2. The quantitative estimate of drug-likeness (QED) is 0.423. The molecule has 5 nitrogen and oxygen atoms in total. The van der Waals surface area contributed by atoms with Crippen LogP contribution in [0.4, 0.5) is 0 Å². The Morgan fingerprint density at radius 1 is 1.28 bits per heavy atom. The summed E-state index contributed by atoms with van der Waals surface area (Å²) in [6.07, 6.45) is 4.94. The number of fused-ring (bicyclic) bond motifs is 3. The van der Waals surface area contributed by atoms with Crippen LogP contribution in [0.5, 0.6) is 0 Å². The van der Waals surface area contributed by atoms with Crippen molar-refractivity contribution in [3.8, 4) is 0 Å². The second-order valence-corrected chi connectivity index (χ2v) is 10.2. The van der Waals surface area contributed by atoms with Gasteiger partial charge in [0, 0.05) is 12.0 Å². The maximum absolute atomic E-state index is 14.1. The first-order valence-corrected chi connectivity index (χ1v) is 10.6. The van der Waals surface area contributed by atoms with Gasteiger partial charge in [-0.15, -0.1) is 0 Å². The van der Waals surface area contributed by atoms with Crippen LogP contribution < -0.4 is 0 Å². The molecule has 2 N–H and O–H groups in total. The molecule has 29 heavy (non-hydrogen) atoms. The molecule has 2 saturated carbocycles. The Bertz CT molecular complexity index is 864. The third-order valence-electron chi connectivity index (χ3n) is 8.38. The molecule has 0 heterocycles. The van der Waals surface area contributed by atoms with Crippen LogP contribution in [0.15, 0.2) is 35.5 Å². The zero-order valence-corrected chi connectivity index (χ0v) is 18.1. The van der Waals surface area contributed by atoms with Crippen LogP contribution in [-0.2, 0) is 14.3 Å². The molecule has 0 aromatic carbocycles. The van der Waals surface area contributed by atoms with Crippen LogP contribution in [0, 0.1) is 34.5 Å². The number of hydrogen-bond acceptors (Lipinski definition) is 5. The Balaban J connectivity index is 1.90. The minimum Gasteiger partial charge on any atom is -0.451 e. The average Bonchev–Trinajstić information content (AvgIpc) is 3.13. The van der Waals surface area contributed by atoms with Crippen LogP contribution in [-0.4, -0.2) is 39.8 Å². The third-order valence-corrected chi connectivity index (χ3v) is 8.38. The Hall–Kier alpha value is -1.72. The molecule has 8 atom stereocenters. The Morgan fingerprint density at radius 3 is 2.55 bits per heavy atom. The molecule has 4 aliphatic carbocycles. The second-order valence-electron chi connectivity index (χ2n) is 10.2. The third kappa shape index (κ3) is 2.35. The smallest absolute Gasteiger partial charge is 0.331 e. The van der Waals surface area contributed by atoms with Crippen molar-refractivity contribution in [3.05, 3.63) is 35.5 Å². The summed E-state index contributed by atoms with van der Waals surface area (Å²) in [5, 5.41) is 23.4. The SMILES string of the molecule is C/C=C/C(=O)O[C@H]1C(C)=C[C@]23C(=O)[C@@H](C=C(C)[C@@H](O)[C@]12O)[C@H]1[C@@H](C[C@H]3C)C1(C)C. The van der Waals surface area contributed by atoms with Crippen LogP contribution in [0.1, 0.15) is 48.0 Å². The van der Waals surface area contributed by atoms with Crippen LogP contribution in [0.2, 0.25) is 0 Å². The summed E-state index contributed by atoms with van der Waals surface area (Å²) < 4.78 is 5.63. The molecular weight excluding hydrogens is 368 g/mol. The van der Waals surface area contributed by atoms with E-state index in [0.717, 1.165) is 6.42 Å². The van der Waals surface area contributed by atoms with E-state index in [-0.39, 0.29) is 29.0 Å². The molecule has 0 aromatic heterocycles. The second kappa shape index (κ2) is 6.14. The fourth-order valence-electron chi connectivity index (χ4n) is 6.86. The monoisotopic (exact) mass is 400 g/mol. The summed E-state index contributed by atoms with van der Waals surface area (Å²) in [6, 6.07) is 0. The lowest BCUT2D eigenvalue weighted by molar-refractivity contribution is -0.200. The van der Waals surface area contributed by atoms with Gasteiger partial charge in [-0.25, -0.2) is 4.79 Å². The van der Waals surface area contributed by atoms with Crippen molar-refractivity contribution in [2.75, 3.05) is 0 Å². The highest BCUT2D eigenvalue weighted by Gasteiger charge is 2.76. The summed E-state index contributed by atoms with van der Waals surface area (Å²) in [6.45, 7) is 11.6. The number of carbonyl (C=O) groups is 2. The maximum atomic E-state index is 14.1. The minimum atomic E-state index is -1.92. The number of aliphatic hydroxyl groups is 2. The van der Waals surface area contributed by atoms with Gasteiger partial charge >= 0.3 is 5.97 Å². The van der Waals surface area contributed by atoms with E-state index in [4.69, 9.17) is 4.74 Å². The standard InChI is InChI=1S/C24H32O5/c1-7-8-17(25)29-21-13(3)11-23-14(4)10-16-18(22(16,5)6)15(20(23)27)9-12(2)19(26)24(21,23)28/h7-9,11,14-16,18-19,21,26,28H,10H2,1-6H3/b8-7+/t14-,15+,16-,18+,19-,21+,23+,24+/m1/s1. The van der Waals surface area contributed by atoms with Crippen molar-refractivity contribution in [2.24, 2.45) is 34.5 Å². The highest BCUT2D eigenvalue weighted by molar-refractivity contribution is 5.95. The lowest BCUT2D eigenvalue weighted by atomic mass is 9.59. The lowest BCUT2D eigenvalue weighted by Crippen LogP contribution is -2.65. The van der Waals surface area contributed by atoms with Crippen molar-refractivity contribution in [1.82, 2.24) is 0 Å². The van der Waals surface area contributed by atoms with E-state index in [1.807, 2.05) is 13.0 Å². The Labute approximate surface area is 172 Å². The number of allylic oxidation sites excluding steroid dienone is 2. The fraction of sp³-hybridized carbons (Fsp3) is 0.667. The normalized spacial score (nSPS) is 47.5. The number of hydrogen-bond donors (Lipinski definition) is 2. The Kier molecular flexibility index (Phi) is 4.35. The molecule has 4 rings (SSSR count). The average molecular weight is 401 g/mol. The van der Waals surface area contributed by atoms with E-state index >= 15 is 0 Å². The molecule has 0 amide bonds. The molecular formula is C24H32O5. The zero-order valence-electron chi connectivity index (χ0n) is 18.1. The van der Waals surface area contributed by atoms with Gasteiger partial charge in [-0.1, -0.05) is 39.0 Å². The highest BCUT2D eigenvalue weighted by atomic mass is 16.6. The highest BCUT2D eigenvalue weighted by Crippen LogP contribution is 2.71. The summed E-state index contributed by atoms with van der Waals surface area (Å²) in [7, 11) is 0. The van der Waals surface area contributed by atoms with E-state index in [9.17, 15) is 19.8 Å². The molecule has 2 fully saturated rings. The predicted octanol–water partition coefficient (Wildman–Crippen LogP) is 2.97. The number of carbonyl (C=O) groups excluding carboxylic acids is 2. The summed E-state index contributed by atoms with van der Waals surface area (Å²) >= 11 is 0. The molecule has 0 aliphatic heterocycles. The molecule has 0 saturated heterocycles. The van der Waals surface area contributed by atoms with Crippen LogP contribution in [0.25, 0.3) is 0 Å². The van der Waals surface area contributed by atoms with Gasteiger partial charge in [0.05, 0.1) is 5.41 Å². The van der Waals surface area contributed by atoms with Gasteiger partial charge in [-0.2, -0.15) is 0 Å². The van der Waals surface area contributed by atoms with E-state index in [2.05, 4.69) is 13.8 Å². The maximum Gasteiger partial charge on any atom is 0.331 e. The molecule has 158 valence electrons. The molecule has 0 radical (unpaired) electrons. The van der Waals surface area contributed by atoms with Crippen molar-refractivity contribution in [1.29, 1.82) is 0 Å². The van der Waals surface area contributed by atoms with Crippen molar-refractivity contribution < 1.29 is 24.5 Å². The molecule has 0 aromatic rings. The van der Waals surface area contributed by atoms with Gasteiger partial charge in [0.1, 0.15) is 6.10 Å². The predicted molar refractivity (Wildman–Crippen MR) is 109 cm³/mol. The van der Waals surface area contributed by atoms with Crippen molar-refractivity contribution >= 4 is 11.8 Å². The number of ether oxygens (including phenoxy) is 1. The number of Topliss-reactive ketones (excluding diaryl/α,β-unsaturated/α-hetero) is 1. The van der Waals surface area contributed by atoms with Gasteiger partial charge in [-0.3, -0.25) is 4.79 Å². The van der Waals surface area contributed by atoms with Crippen LogP contribution in [0.3, 0.4) is 0 Å². The van der Waals surface area contributed by atoms with E-state index < -0.39 is 29.2 Å². The van der Waals surface area contributed by atoms with E-state index in [0.29, 0.717) is 17.1 Å². The Morgan fingerprint density at radius 2 is 1.93 bits per heavy atom. The largest absolute Gasteiger partial charge is 0.451 e. The molecule has 4 aliphatic rings. The van der Waals surface area contributed by atoms with E-state index in [1.165, 1.54) is 6.08 Å². The summed E-state index contributed by atoms with van der Waals surface area (Å²) in [5.41, 5.74) is -1.94. The molecule has 5 heteroatoms. The van der Waals surface area contributed by atoms with Gasteiger partial charge in [-0.05, 0) is 61.5 Å². The van der Waals surface area contributed by atoms with Crippen molar-refractivity contribution in [2.45, 2.75) is 65.8 Å². The first-order valence-electron chi connectivity index (χ1n) is 10.6. The first-order chi connectivity index (χ1) is 13.4. The number of esters is 1. The summed E-state index contributed by atoms with van der Waals surface area (Å²) in [5.74, 6) is -0.577. The lowest BCUT2D eigenvalue weighted by Gasteiger charge is -2.48. The van der Waals surface area contributed by atoms with Gasteiger partial charge in [0.2, 0.25) is 0 Å². The molecule has 2 bridgehead atoms. The van der Waals surface area contributed by atoms with E-state index in [1.54, 1.807) is 32.9 Å². The number of aliphatic hydroxyl groups excluding tert-OH is 1. The van der Waals surface area contributed by atoms with Gasteiger partial charge < -0.3 is 14.9 Å². The fourth-order valence-corrected chi connectivity index (χ4v) is 6.86. The first kappa shape index (κ1) is 20.5. The van der Waals surface area contributed by atoms with Gasteiger partial charge in [0.15, 0.2) is 17.5 Å². The topological polar surface area (TPSA) is 83.8 Å².